The van der Waals surface area contributed by atoms with Crippen molar-refractivity contribution in [3.8, 4) is 0 Å². The second kappa shape index (κ2) is 8.34. The van der Waals surface area contributed by atoms with Crippen LogP contribution in [-0.4, -0.2) is 51.1 Å². The molecule has 5 heteroatoms. The van der Waals surface area contributed by atoms with Crippen molar-refractivity contribution in [3.05, 3.63) is 22.4 Å². The molecular weight excluding hydrogens is 316 g/mol. The number of aliphatic imine (C=N–C) groups is 1. The molecule has 1 aliphatic carbocycles. The van der Waals surface area contributed by atoms with Gasteiger partial charge < -0.3 is 15.5 Å². The quantitative estimate of drug-likeness (QED) is 0.635. The third-order valence-electron chi connectivity index (χ3n) is 5.72. The van der Waals surface area contributed by atoms with Crippen LogP contribution in [0.2, 0.25) is 0 Å². The maximum Gasteiger partial charge on any atom is 0.191 e. The molecule has 1 saturated heterocycles. The van der Waals surface area contributed by atoms with Crippen LogP contribution in [0.3, 0.4) is 0 Å². The first-order valence-corrected chi connectivity index (χ1v) is 10.3. The van der Waals surface area contributed by atoms with Gasteiger partial charge in [0, 0.05) is 37.0 Å². The molecule has 1 aromatic rings. The van der Waals surface area contributed by atoms with Crippen LogP contribution in [0.4, 0.5) is 0 Å². The summed E-state index contributed by atoms with van der Waals surface area (Å²) in [5, 5.41) is 9.40. The highest BCUT2D eigenvalue weighted by Gasteiger charge is 2.34. The molecule has 1 unspecified atom stereocenters. The Bertz CT molecular complexity index is 519. The third kappa shape index (κ3) is 4.31. The molecule has 0 bridgehead atoms. The Hall–Kier alpha value is -1.07. The van der Waals surface area contributed by atoms with E-state index in [0.29, 0.717) is 5.41 Å². The van der Waals surface area contributed by atoms with Gasteiger partial charge in [0.05, 0.1) is 0 Å². The number of thiophene rings is 1. The summed E-state index contributed by atoms with van der Waals surface area (Å²) in [6.45, 7) is 4.44. The number of rotatable bonds is 5. The van der Waals surface area contributed by atoms with Crippen molar-refractivity contribution in [1.29, 1.82) is 0 Å². The zero-order valence-electron chi connectivity index (χ0n) is 15.2. The maximum atomic E-state index is 4.45. The molecule has 24 heavy (non-hydrogen) atoms. The van der Waals surface area contributed by atoms with Crippen LogP contribution in [0.5, 0.6) is 0 Å². The van der Waals surface area contributed by atoms with E-state index in [1.54, 1.807) is 4.88 Å². The molecule has 2 aliphatic rings. The molecule has 0 aromatic carbocycles. The monoisotopic (exact) mass is 348 g/mol. The Kier molecular flexibility index (Phi) is 6.17. The second-order valence-electron chi connectivity index (χ2n) is 7.54. The normalized spacial score (nSPS) is 24.9. The topological polar surface area (TPSA) is 39.7 Å². The lowest BCUT2D eigenvalue weighted by atomic mass is 9.73. The van der Waals surface area contributed by atoms with Gasteiger partial charge in [0.2, 0.25) is 0 Å². The van der Waals surface area contributed by atoms with Gasteiger partial charge in [-0.1, -0.05) is 25.3 Å². The minimum atomic E-state index is 0.303. The summed E-state index contributed by atoms with van der Waals surface area (Å²) < 4.78 is 0. The van der Waals surface area contributed by atoms with Crippen molar-refractivity contribution in [2.75, 3.05) is 40.3 Å². The molecule has 0 spiro atoms. The highest BCUT2D eigenvalue weighted by atomic mass is 32.1. The molecule has 0 radical (unpaired) electrons. The van der Waals surface area contributed by atoms with Gasteiger partial charge in [0.25, 0.3) is 0 Å². The Morgan fingerprint density at radius 2 is 2.17 bits per heavy atom. The molecule has 1 aliphatic heterocycles. The lowest BCUT2D eigenvalue weighted by molar-refractivity contribution is 0.296. The van der Waals surface area contributed by atoms with Gasteiger partial charge in [-0.3, -0.25) is 4.99 Å². The van der Waals surface area contributed by atoms with Crippen LogP contribution in [0.15, 0.2) is 22.5 Å². The van der Waals surface area contributed by atoms with Gasteiger partial charge in [-0.25, -0.2) is 0 Å². The molecule has 2 heterocycles. The fourth-order valence-corrected chi connectivity index (χ4v) is 5.21. The predicted molar refractivity (Wildman–Crippen MR) is 104 cm³/mol. The van der Waals surface area contributed by atoms with Crippen molar-refractivity contribution in [2.45, 2.75) is 43.9 Å². The van der Waals surface area contributed by atoms with Crippen molar-refractivity contribution < 1.29 is 0 Å². The van der Waals surface area contributed by atoms with Crippen LogP contribution in [-0.2, 0) is 5.41 Å². The first kappa shape index (κ1) is 17.7. The molecule has 1 atom stereocenters. The van der Waals surface area contributed by atoms with Crippen LogP contribution in [0, 0.1) is 5.92 Å². The third-order valence-corrected chi connectivity index (χ3v) is 6.84. The average Bonchev–Trinajstić information content (AvgIpc) is 3.28. The van der Waals surface area contributed by atoms with E-state index in [2.05, 4.69) is 45.1 Å². The lowest BCUT2D eigenvalue weighted by Crippen LogP contribution is -2.47. The van der Waals surface area contributed by atoms with E-state index in [1.165, 1.54) is 51.6 Å². The number of hydrogen-bond acceptors (Lipinski definition) is 3. The molecule has 0 amide bonds. The molecule has 2 N–H and O–H groups in total. The van der Waals surface area contributed by atoms with Crippen molar-refractivity contribution >= 4 is 17.3 Å². The number of likely N-dealkylation sites (tertiary alicyclic amines) is 1. The molecule has 3 rings (SSSR count). The van der Waals surface area contributed by atoms with E-state index >= 15 is 0 Å². The minimum Gasteiger partial charge on any atom is -0.356 e. The van der Waals surface area contributed by atoms with Crippen LogP contribution in [0.25, 0.3) is 0 Å². The largest absolute Gasteiger partial charge is 0.356 e. The second-order valence-corrected chi connectivity index (χ2v) is 8.49. The highest BCUT2D eigenvalue weighted by molar-refractivity contribution is 7.10. The van der Waals surface area contributed by atoms with Crippen LogP contribution < -0.4 is 10.6 Å². The smallest absolute Gasteiger partial charge is 0.191 e. The predicted octanol–water partition coefficient (Wildman–Crippen LogP) is 3.07. The van der Waals surface area contributed by atoms with E-state index in [-0.39, 0.29) is 0 Å². The average molecular weight is 349 g/mol. The Balaban J connectivity index is 1.55. The fraction of sp³-hybridized carbons (Fsp3) is 0.737. The first-order valence-electron chi connectivity index (χ1n) is 9.39. The summed E-state index contributed by atoms with van der Waals surface area (Å²) in [7, 11) is 4.09. The maximum absolute atomic E-state index is 4.45. The summed E-state index contributed by atoms with van der Waals surface area (Å²) in [4.78, 5) is 8.41. The zero-order valence-corrected chi connectivity index (χ0v) is 16.0. The standard InChI is InChI=1S/C19H32N4S/c1-20-18(21-13-16-8-11-23(2)14-16)22-15-19(9-4-3-5-10-19)17-7-6-12-24-17/h6-7,12,16H,3-5,8-11,13-15H2,1-2H3,(H2,20,21,22). The van der Waals surface area contributed by atoms with Gasteiger partial charge in [0.15, 0.2) is 5.96 Å². The summed E-state index contributed by atoms with van der Waals surface area (Å²) >= 11 is 1.92. The SMILES string of the molecule is CN=C(NCC1CCN(C)C1)NCC1(c2cccs2)CCCCC1. The van der Waals surface area contributed by atoms with Gasteiger partial charge in [-0.05, 0) is 50.2 Å². The van der Waals surface area contributed by atoms with Crippen molar-refractivity contribution in [1.82, 2.24) is 15.5 Å². The van der Waals surface area contributed by atoms with Gasteiger partial charge >= 0.3 is 0 Å². The van der Waals surface area contributed by atoms with E-state index in [9.17, 15) is 0 Å². The zero-order chi connectivity index (χ0) is 16.8. The van der Waals surface area contributed by atoms with E-state index in [1.807, 2.05) is 18.4 Å². The number of nitrogens with zero attached hydrogens (tertiary/aromatic N) is 2. The summed E-state index contributed by atoms with van der Waals surface area (Å²) in [5.74, 6) is 1.71. The lowest BCUT2D eigenvalue weighted by Gasteiger charge is -2.37. The van der Waals surface area contributed by atoms with E-state index < -0.39 is 0 Å². The van der Waals surface area contributed by atoms with Crippen LogP contribution in [0.1, 0.15) is 43.4 Å². The van der Waals surface area contributed by atoms with Crippen molar-refractivity contribution in [2.24, 2.45) is 10.9 Å². The summed E-state index contributed by atoms with van der Waals surface area (Å²) in [5.41, 5.74) is 0.303. The Morgan fingerprint density at radius 3 is 2.79 bits per heavy atom. The summed E-state index contributed by atoms with van der Waals surface area (Å²) in [6.07, 6.45) is 7.96. The van der Waals surface area contributed by atoms with Crippen LogP contribution >= 0.6 is 11.3 Å². The van der Waals surface area contributed by atoms with E-state index in [4.69, 9.17) is 0 Å². The number of nitrogens with one attached hydrogen (secondary N) is 2. The molecule has 2 fully saturated rings. The highest BCUT2D eigenvalue weighted by Crippen LogP contribution is 2.41. The fourth-order valence-electron chi connectivity index (χ4n) is 4.23. The molecule has 1 aromatic heterocycles. The number of guanidine groups is 1. The number of hydrogen-bond donors (Lipinski definition) is 2. The van der Waals surface area contributed by atoms with Gasteiger partial charge in [-0.15, -0.1) is 11.3 Å². The van der Waals surface area contributed by atoms with Crippen molar-refractivity contribution in [3.63, 3.8) is 0 Å². The molecule has 4 nitrogen and oxygen atoms in total. The Morgan fingerprint density at radius 1 is 1.33 bits per heavy atom. The van der Waals surface area contributed by atoms with Gasteiger partial charge in [-0.2, -0.15) is 0 Å². The van der Waals surface area contributed by atoms with E-state index in [0.717, 1.165) is 25.0 Å². The summed E-state index contributed by atoms with van der Waals surface area (Å²) in [6, 6.07) is 4.52. The minimum absolute atomic E-state index is 0.303. The molecular formula is C19H32N4S. The Labute approximate surface area is 150 Å². The van der Waals surface area contributed by atoms with Gasteiger partial charge in [0.1, 0.15) is 0 Å². The molecule has 1 saturated carbocycles. The molecule has 134 valence electrons. The first-order chi connectivity index (χ1) is 11.7.